The van der Waals surface area contributed by atoms with Gasteiger partial charge in [-0.3, -0.25) is 9.69 Å². The minimum absolute atomic E-state index is 0.0359. The number of carbonyl (C=O) groups is 1. The molecule has 0 radical (unpaired) electrons. The molecule has 1 amide bonds. The van der Waals surface area contributed by atoms with Crippen LogP contribution in [0, 0.1) is 0 Å². The smallest absolute Gasteiger partial charge is 0.238 e. The third-order valence-corrected chi connectivity index (χ3v) is 5.60. The number of rotatable bonds is 8. The first-order valence-corrected chi connectivity index (χ1v) is 10.8. The standard InChI is InChI=1S/C24H34N4O2/c1-5-28(19(2)3)21-11-9-20(10-12-21)25-24(29)18-26-13-15-27(16-14-26)22-7-6-8-23(17-22)30-4/h6-12,17,19H,5,13-16,18H2,1-4H3,(H,25,29). The van der Waals surface area contributed by atoms with Gasteiger partial charge in [-0.1, -0.05) is 6.07 Å². The van der Waals surface area contributed by atoms with Crippen LogP contribution in [0.5, 0.6) is 5.75 Å². The predicted octanol–water partition coefficient (Wildman–Crippen LogP) is 3.69. The maximum atomic E-state index is 12.5. The van der Waals surface area contributed by atoms with Crippen molar-refractivity contribution in [1.82, 2.24) is 4.90 Å². The summed E-state index contributed by atoms with van der Waals surface area (Å²) in [7, 11) is 1.69. The monoisotopic (exact) mass is 410 g/mol. The van der Waals surface area contributed by atoms with Gasteiger partial charge in [0.2, 0.25) is 5.91 Å². The summed E-state index contributed by atoms with van der Waals surface area (Å²) in [6.07, 6.45) is 0. The SMILES string of the molecule is CCN(c1ccc(NC(=O)CN2CCN(c3cccc(OC)c3)CC2)cc1)C(C)C. The highest BCUT2D eigenvalue weighted by atomic mass is 16.5. The van der Waals surface area contributed by atoms with E-state index in [-0.39, 0.29) is 5.91 Å². The fourth-order valence-electron chi connectivity index (χ4n) is 3.96. The van der Waals surface area contributed by atoms with Gasteiger partial charge in [-0.15, -0.1) is 0 Å². The topological polar surface area (TPSA) is 48.1 Å². The van der Waals surface area contributed by atoms with Gasteiger partial charge in [0.15, 0.2) is 0 Å². The van der Waals surface area contributed by atoms with E-state index in [9.17, 15) is 4.79 Å². The molecule has 0 spiro atoms. The molecule has 0 bridgehead atoms. The summed E-state index contributed by atoms with van der Waals surface area (Å²) in [4.78, 5) is 19.4. The Morgan fingerprint density at radius 2 is 1.80 bits per heavy atom. The molecule has 0 atom stereocenters. The Balaban J connectivity index is 1.48. The van der Waals surface area contributed by atoms with Crippen LogP contribution in [0.25, 0.3) is 0 Å². The van der Waals surface area contributed by atoms with Crippen molar-refractivity contribution in [3.05, 3.63) is 48.5 Å². The van der Waals surface area contributed by atoms with E-state index in [1.165, 1.54) is 11.4 Å². The zero-order valence-corrected chi connectivity index (χ0v) is 18.6. The summed E-state index contributed by atoms with van der Waals surface area (Å²) in [5.74, 6) is 0.907. The molecule has 30 heavy (non-hydrogen) atoms. The average Bonchev–Trinajstić information content (AvgIpc) is 2.75. The normalized spacial score (nSPS) is 14.6. The number of amides is 1. The molecule has 6 heteroatoms. The Morgan fingerprint density at radius 3 is 2.40 bits per heavy atom. The number of nitrogens with one attached hydrogen (secondary N) is 1. The molecular formula is C24H34N4O2. The fraction of sp³-hybridized carbons (Fsp3) is 0.458. The van der Waals surface area contributed by atoms with Crippen molar-refractivity contribution in [1.29, 1.82) is 0 Å². The fourth-order valence-corrected chi connectivity index (χ4v) is 3.96. The van der Waals surface area contributed by atoms with Crippen LogP contribution in [0.1, 0.15) is 20.8 Å². The van der Waals surface area contributed by atoms with E-state index in [4.69, 9.17) is 4.74 Å². The highest BCUT2D eigenvalue weighted by molar-refractivity contribution is 5.92. The molecule has 1 aliphatic heterocycles. The van der Waals surface area contributed by atoms with E-state index >= 15 is 0 Å². The molecule has 0 unspecified atom stereocenters. The van der Waals surface area contributed by atoms with Gasteiger partial charge in [0, 0.05) is 61.9 Å². The summed E-state index contributed by atoms with van der Waals surface area (Å²) in [6, 6.07) is 16.7. The number of hydrogen-bond acceptors (Lipinski definition) is 5. The minimum Gasteiger partial charge on any atom is -0.497 e. The summed E-state index contributed by atoms with van der Waals surface area (Å²) in [5.41, 5.74) is 3.19. The van der Waals surface area contributed by atoms with Gasteiger partial charge in [0.05, 0.1) is 13.7 Å². The number of carbonyl (C=O) groups excluding carboxylic acids is 1. The van der Waals surface area contributed by atoms with Crippen molar-refractivity contribution in [2.24, 2.45) is 0 Å². The molecular weight excluding hydrogens is 376 g/mol. The lowest BCUT2D eigenvalue weighted by Crippen LogP contribution is -2.48. The van der Waals surface area contributed by atoms with Crippen molar-refractivity contribution in [3.63, 3.8) is 0 Å². The second kappa shape index (κ2) is 10.3. The van der Waals surface area contributed by atoms with Gasteiger partial charge >= 0.3 is 0 Å². The lowest BCUT2D eigenvalue weighted by Gasteiger charge is -2.35. The molecule has 1 saturated heterocycles. The number of piperazine rings is 1. The number of anilines is 3. The average molecular weight is 411 g/mol. The molecule has 2 aromatic rings. The summed E-state index contributed by atoms with van der Waals surface area (Å²) in [6.45, 7) is 11.4. The highest BCUT2D eigenvalue weighted by Gasteiger charge is 2.19. The van der Waals surface area contributed by atoms with Crippen LogP contribution in [-0.4, -0.2) is 63.2 Å². The predicted molar refractivity (Wildman–Crippen MR) is 125 cm³/mol. The van der Waals surface area contributed by atoms with Gasteiger partial charge in [-0.2, -0.15) is 0 Å². The van der Waals surface area contributed by atoms with Gasteiger partial charge in [0.25, 0.3) is 0 Å². The largest absolute Gasteiger partial charge is 0.497 e. The van der Waals surface area contributed by atoms with Crippen molar-refractivity contribution in [2.75, 3.05) is 61.5 Å². The number of methoxy groups -OCH3 is 1. The van der Waals surface area contributed by atoms with Crippen molar-refractivity contribution < 1.29 is 9.53 Å². The molecule has 3 rings (SSSR count). The van der Waals surface area contributed by atoms with Crippen LogP contribution in [0.2, 0.25) is 0 Å². The first-order valence-electron chi connectivity index (χ1n) is 10.8. The van der Waals surface area contributed by atoms with E-state index < -0.39 is 0 Å². The second-order valence-electron chi connectivity index (χ2n) is 7.94. The van der Waals surface area contributed by atoms with Crippen molar-refractivity contribution in [3.8, 4) is 5.75 Å². The van der Waals surface area contributed by atoms with Crippen LogP contribution in [0.3, 0.4) is 0 Å². The molecule has 0 saturated carbocycles. The van der Waals surface area contributed by atoms with Crippen LogP contribution in [0.4, 0.5) is 17.1 Å². The minimum atomic E-state index is 0.0359. The van der Waals surface area contributed by atoms with E-state index in [0.717, 1.165) is 44.2 Å². The second-order valence-corrected chi connectivity index (χ2v) is 7.94. The lowest BCUT2D eigenvalue weighted by atomic mass is 10.2. The van der Waals surface area contributed by atoms with Crippen LogP contribution in [0.15, 0.2) is 48.5 Å². The highest BCUT2D eigenvalue weighted by Crippen LogP contribution is 2.22. The molecule has 0 aromatic heterocycles. The van der Waals surface area contributed by atoms with E-state index in [0.29, 0.717) is 12.6 Å². The Bertz CT molecular complexity index is 814. The molecule has 6 nitrogen and oxygen atoms in total. The molecule has 162 valence electrons. The van der Waals surface area contributed by atoms with Crippen molar-refractivity contribution in [2.45, 2.75) is 26.8 Å². The number of ether oxygens (including phenoxy) is 1. The Morgan fingerprint density at radius 1 is 1.10 bits per heavy atom. The van der Waals surface area contributed by atoms with Crippen LogP contribution in [-0.2, 0) is 4.79 Å². The summed E-state index contributed by atoms with van der Waals surface area (Å²) < 4.78 is 5.32. The van der Waals surface area contributed by atoms with Crippen LogP contribution >= 0.6 is 0 Å². The number of hydrogen-bond donors (Lipinski definition) is 1. The third kappa shape index (κ3) is 5.66. The van der Waals surface area contributed by atoms with E-state index in [2.05, 4.69) is 65.1 Å². The van der Waals surface area contributed by atoms with Gasteiger partial charge < -0.3 is 19.9 Å². The zero-order valence-electron chi connectivity index (χ0n) is 18.6. The zero-order chi connectivity index (χ0) is 21.5. The number of nitrogens with zero attached hydrogens (tertiary/aromatic N) is 3. The Labute approximate surface area is 180 Å². The third-order valence-electron chi connectivity index (χ3n) is 5.60. The Hall–Kier alpha value is -2.73. The molecule has 1 N–H and O–H groups in total. The summed E-state index contributed by atoms with van der Waals surface area (Å²) in [5, 5.41) is 3.03. The first kappa shape index (κ1) is 22.0. The van der Waals surface area contributed by atoms with Crippen LogP contribution < -0.4 is 19.9 Å². The molecule has 2 aromatic carbocycles. The van der Waals surface area contributed by atoms with E-state index in [1.54, 1.807) is 7.11 Å². The van der Waals surface area contributed by atoms with Gasteiger partial charge in [0.1, 0.15) is 5.75 Å². The van der Waals surface area contributed by atoms with E-state index in [1.807, 2.05) is 24.3 Å². The molecule has 0 aliphatic carbocycles. The first-order chi connectivity index (χ1) is 14.5. The number of benzene rings is 2. The molecule has 1 fully saturated rings. The molecule has 1 aliphatic rings. The lowest BCUT2D eigenvalue weighted by molar-refractivity contribution is -0.117. The Kier molecular flexibility index (Phi) is 7.57. The van der Waals surface area contributed by atoms with Crippen molar-refractivity contribution >= 4 is 23.0 Å². The van der Waals surface area contributed by atoms with Gasteiger partial charge in [-0.05, 0) is 57.2 Å². The summed E-state index contributed by atoms with van der Waals surface area (Å²) >= 11 is 0. The maximum absolute atomic E-state index is 12.5. The maximum Gasteiger partial charge on any atom is 0.238 e. The molecule has 1 heterocycles. The van der Waals surface area contributed by atoms with Gasteiger partial charge in [-0.25, -0.2) is 0 Å². The quantitative estimate of drug-likeness (QED) is 0.719.